The molecule has 0 spiro atoms. The third kappa shape index (κ3) is 3.94. The normalized spacial score (nSPS) is 20.4. The summed E-state index contributed by atoms with van der Waals surface area (Å²) in [5.74, 6) is 0.186. The zero-order valence-electron chi connectivity index (χ0n) is 15.7. The Morgan fingerprint density at radius 3 is 2.58 bits per heavy atom. The lowest BCUT2D eigenvalue weighted by Crippen LogP contribution is -2.30. The fourth-order valence-corrected chi connectivity index (χ4v) is 3.71. The summed E-state index contributed by atoms with van der Waals surface area (Å²) in [7, 11) is 0. The number of hydrogen-bond acceptors (Lipinski definition) is 4. The number of nitrogens with two attached hydrogens (primary N) is 2. The lowest BCUT2D eigenvalue weighted by Gasteiger charge is -2.29. The Morgan fingerprint density at radius 1 is 1.31 bits per heavy atom. The van der Waals surface area contributed by atoms with Gasteiger partial charge < -0.3 is 11.5 Å². The van der Waals surface area contributed by atoms with Crippen molar-refractivity contribution in [2.75, 3.05) is 0 Å². The van der Waals surface area contributed by atoms with Crippen LogP contribution < -0.4 is 11.5 Å². The van der Waals surface area contributed by atoms with Gasteiger partial charge in [0.15, 0.2) is 0 Å². The van der Waals surface area contributed by atoms with E-state index in [4.69, 9.17) is 23.1 Å². The molecular weight excluding hydrogens is 344 g/mol. The summed E-state index contributed by atoms with van der Waals surface area (Å²) < 4.78 is 0. The van der Waals surface area contributed by atoms with Gasteiger partial charge in [-0.2, -0.15) is 5.26 Å². The van der Waals surface area contributed by atoms with Gasteiger partial charge in [0.05, 0.1) is 23.3 Å². The topological polar surface area (TPSA) is 88.2 Å². The summed E-state index contributed by atoms with van der Waals surface area (Å²) in [6, 6.07) is 9.92. The molecule has 0 aliphatic carbocycles. The molecule has 0 fully saturated rings. The van der Waals surface area contributed by atoms with Crippen LogP contribution in [0.15, 0.2) is 51.8 Å². The quantitative estimate of drug-likeness (QED) is 0.736. The maximum Gasteiger partial charge on any atom is 0.129 e. The van der Waals surface area contributed by atoms with Gasteiger partial charge in [-0.1, -0.05) is 63.4 Å². The Kier molecular flexibility index (Phi) is 6.88. The summed E-state index contributed by atoms with van der Waals surface area (Å²) in [4.78, 5) is 4.55. The summed E-state index contributed by atoms with van der Waals surface area (Å²) in [6.07, 6.45) is 3.55. The Bertz CT molecular complexity index is 798. The molecule has 138 valence electrons. The number of benzene rings is 1. The molecule has 1 aromatic rings. The molecule has 1 heterocycles. The molecule has 2 unspecified atom stereocenters. The molecule has 0 saturated carbocycles. The van der Waals surface area contributed by atoms with Gasteiger partial charge in [-0.05, 0) is 30.4 Å². The average molecular weight is 371 g/mol. The largest absolute Gasteiger partial charge is 0.401 e. The van der Waals surface area contributed by atoms with Crippen molar-refractivity contribution in [3.63, 3.8) is 0 Å². The highest BCUT2D eigenvalue weighted by Crippen LogP contribution is 2.42. The molecule has 1 aromatic carbocycles. The Morgan fingerprint density at radius 2 is 2.00 bits per heavy atom. The van der Waals surface area contributed by atoms with E-state index in [0.29, 0.717) is 28.5 Å². The van der Waals surface area contributed by atoms with Crippen LogP contribution in [0, 0.1) is 17.2 Å². The van der Waals surface area contributed by atoms with Crippen LogP contribution in [0.5, 0.6) is 0 Å². The Balaban J connectivity index is 2.75. The van der Waals surface area contributed by atoms with Crippen LogP contribution in [0.2, 0.25) is 5.02 Å². The first-order chi connectivity index (χ1) is 12.5. The Hall–Kier alpha value is -2.25. The molecule has 0 radical (unpaired) electrons. The first-order valence-electron chi connectivity index (χ1n) is 9.17. The van der Waals surface area contributed by atoms with Crippen molar-refractivity contribution in [1.82, 2.24) is 0 Å². The molecule has 0 bridgehead atoms. The van der Waals surface area contributed by atoms with E-state index in [2.05, 4.69) is 31.8 Å². The minimum Gasteiger partial charge on any atom is -0.401 e. The van der Waals surface area contributed by atoms with E-state index in [-0.39, 0.29) is 11.8 Å². The smallest absolute Gasteiger partial charge is 0.129 e. The van der Waals surface area contributed by atoms with Gasteiger partial charge in [-0.15, -0.1) is 0 Å². The van der Waals surface area contributed by atoms with Crippen molar-refractivity contribution in [2.45, 2.75) is 52.4 Å². The third-order valence-electron chi connectivity index (χ3n) is 4.81. The highest BCUT2D eigenvalue weighted by molar-refractivity contribution is 6.31. The van der Waals surface area contributed by atoms with Crippen LogP contribution in [0.1, 0.15) is 57.9 Å². The second kappa shape index (κ2) is 8.91. The first kappa shape index (κ1) is 20.1. The monoisotopic (exact) mass is 370 g/mol. The molecule has 5 heteroatoms. The van der Waals surface area contributed by atoms with Crippen LogP contribution in [0.25, 0.3) is 0 Å². The van der Waals surface area contributed by atoms with Crippen LogP contribution in [0.3, 0.4) is 0 Å². The molecule has 1 aliphatic heterocycles. The van der Waals surface area contributed by atoms with Crippen molar-refractivity contribution >= 4 is 17.4 Å². The SMILES string of the molecule is CCCC1=C(C#N)C(c2ccccc2Cl)/C(=C(/N)C(C)CCC)C(N)=N1. The zero-order chi connectivity index (χ0) is 19.3. The standard InChI is InChI=1S/C21H27ClN4/c1-4-8-13(3)20(24)19-18(14-10-6-7-11-16(14)22)15(12-23)17(9-5-2)26-21(19)25/h6-7,10-11,13,18H,4-5,8-9,24H2,1-3H3,(H2,25,26)/b20-19-. The molecule has 26 heavy (non-hydrogen) atoms. The number of aliphatic imine (C=N–C) groups is 1. The average Bonchev–Trinajstić information content (AvgIpc) is 2.61. The van der Waals surface area contributed by atoms with Gasteiger partial charge in [0.1, 0.15) is 5.84 Å². The molecule has 2 atom stereocenters. The van der Waals surface area contributed by atoms with Crippen molar-refractivity contribution in [1.29, 1.82) is 5.26 Å². The van der Waals surface area contributed by atoms with Crippen LogP contribution in [-0.2, 0) is 0 Å². The minimum atomic E-state index is -0.368. The van der Waals surface area contributed by atoms with E-state index in [1.165, 1.54) is 0 Å². The van der Waals surface area contributed by atoms with Crippen molar-refractivity contribution in [3.8, 4) is 6.07 Å². The molecule has 2 rings (SSSR count). The third-order valence-corrected chi connectivity index (χ3v) is 5.15. The highest BCUT2D eigenvalue weighted by atomic mass is 35.5. The maximum atomic E-state index is 9.91. The number of allylic oxidation sites excluding steroid dienone is 3. The van der Waals surface area contributed by atoms with E-state index in [1.54, 1.807) is 0 Å². The number of amidine groups is 1. The molecule has 1 aliphatic rings. The maximum absolute atomic E-state index is 9.91. The van der Waals surface area contributed by atoms with Crippen LogP contribution >= 0.6 is 11.6 Å². The van der Waals surface area contributed by atoms with E-state index in [1.807, 2.05) is 24.3 Å². The number of nitrogens with zero attached hydrogens (tertiary/aromatic N) is 2. The second-order valence-corrected chi connectivity index (χ2v) is 7.14. The summed E-state index contributed by atoms with van der Waals surface area (Å²) in [5, 5.41) is 10.5. The van der Waals surface area contributed by atoms with E-state index in [0.717, 1.165) is 36.1 Å². The summed E-state index contributed by atoms with van der Waals surface area (Å²) in [6.45, 7) is 6.26. The lowest BCUT2D eigenvalue weighted by atomic mass is 9.78. The van der Waals surface area contributed by atoms with Crippen molar-refractivity contribution < 1.29 is 0 Å². The molecule has 0 saturated heterocycles. The Labute approximate surface area is 161 Å². The molecule has 4 nitrogen and oxygen atoms in total. The van der Waals surface area contributed by atoms with Crippen molar-refractivity contribution in [2.24, 2.45) is 22.4 Å². The first-order valence-corrected chi connectivity index (χ1v) is 9.55. The summed E-state index contributed by atoms with van der Waals surface area (Å²) >= 11 is 6.49. The van der Waals surface area contributed by atoms with Crippen molar-refractivity contribution in [3.05, 3.63) is 57.4 Å². The van der Waals surface area contributed by atoms with E-state index in [9.17, 15) is 5.26 Å². The number of rotatable bonds is 6. The minimum absolute atomic E-state index is 0.154. The molecule has 4 N–H and O–H groups in total. The van der Waals surface area contributed by atoms with Gasteiger partial charge in [-0.3, -0.25) is 0 Å². The fourth-order valence-electron chi connectivity index (χ4n) is 3.47. The molecule has 0 amide bonds. The van der Waals surface area contributed by atoms with E-state index >= 15 is 0 Å². The number of hydrogen-bond donors (Lipinski definition) is 2. The number of halogens is 1. The van der Waals surface area contributed by atoms with Gasteiger partial charge in [-0.25, -0.2) is 4.99 Å². The van der Waals surface area contributed by atoms with E-state index < -0.39 is 0 Å². The predicted octanol–water partition coefficient (Wildman–Crippen LogP) is 5.02. The molecule has 0 aromatic heterocycles. The zero-order valence-corrected chi connectivity index (χ0v) is 16.5. The predicted molar refractivity (Wildman–Crippen MR) is 109 cm³/mol. The highest BCUT2D eigenvalue weighted by Gasteiger charge is 2.34. The van der Waals surface area contributed by atoms with Gasteiger partial charge in [0, 0.05) is 16.3 Å². The van der Waals surface area contributed by atoms with Gasteiger partial charge >= 0.3 is 0 Å². The summed E-state index contributed by atoms with van der Waals surface area (Å²) in [5.41, 5.74) is 16.5. The molecular formula is C21H27ClN4. The fraction of sp³-hybridized carbons (Fsp3) is 0.429. The lowest BCUT2D eigenvalue weighted by molar-refractivity contribution is 0.588. The van der Waals surface area contributed by atoms with Gasteiger partial charge in [0.25, 0.3) is 0 Å². The number of nitriles is 1. The van der Waals surface area contributed by atoms with Crippen LogP contribution in [0.4, 0.5) is 0 Å². The van der Waals surface area contributed by atoms with Gasteiger partial charge in [0.2, 0.25) is 0 Å². The second-order valence-electron chi connectivity index (χ2n) is 6.73. The van der Waals surface area contributed by atoms with Crippen LogP contribution in [-0.4, -0.2) is 5.84 Å².